The Morgan fingerprint density at radius 2 is 1.83 bits per heavy atom. The molecule has 0 aliphatic rings. The van der Waals surface area contributed by atoms with Crippen molar-refractivity contribution in [2.45, 2.75) is 6.18 Å². The fourth-order valence-electron chi connectivity index (χ4n) is 2.10. The molecule has 2 N–H and O–H groups in total. The molecule has 0 bridgehead atoms. The fraction of sp³-hybridized carbons (Fsp3) is 0.0588. The average molecular weight is 428 g/mol. The lowest BCUT2D eigenvalue weighted by molar-refractivity contribution is -0.141. The summed E-state index contributed by atoms with van der Waals surface area (Å²) in [4.78, 5) is 22.3. The molecule has 3 rings (SSSR count). The number of hydrogen-bond acceptors (Lipinski definition) is 5. The number of halogens is 5. The Balaban J connectivity index is 1.66. The Kier molecular flexibility index (Phi) is 5.78. The van der Waals surface area contributed by atoms with Gasteiger partial charge in [0.25, 0.3) is 0 Å². The van der Waals surface area contributed by atoms with Gasteiger partial charge in [-0.25, -0.2) is 24.1 Å². The number of nitrogens with zero attached hydrogens (tertiary/aromatic N) is 3. The minimum absolute atomic E-state index is 0.0326. The van der Waals surface area contributed by atoms with Crippen molar-refractivity contribution in [3.05, 3.63) is 65.6 Å². The predicted octanol–water partition coefficient (Wildman–Crippen LogP) is 5.12. The van der Waals surface area contributed by atoms with Crippen LogP contribution in [-0.4, -0.2) is 21.0 Å². The number of nitrogens with one attached hydrogen (secondary N) is 2. The van der Waals surface area contributed by atoms with E-state index in [0.717, 1.165) is 6.07 Å². The van der Waals surface area contributed by atoms with Gasteiger partial charge >= 0.3 is 12.2 Å². The van der Waals surface area contributed by atoms with Gasteiger partial charge in [0, 0.05) is 30.1 Å². The van der Waals surface area contributed by atoms with Crippen LogP contribution in [0, 0.1) is 5.82 Å². The van der Waals surface area contributed by atoms with Crippen LogP contribution in [-0.2, 0) is 6.18 Å². The van der Waals surface area contributed by atoms with Gasteiger partial charge in [0.1, 0.15) is 28.7 Å². The van der Waals surface area contributed by atoms with E-state index in [2.05, 4.69) is 25.6 Å². The molecule has 0 atom stereocenters. The second-order valence-electron chi connectivity index (χ2n) is 5.43. The van der Waals surface area contributed by atoms with E-state index in [9.17, 15) is 22.4 Å². The van der Waals surface area contributed by atoms with Crippen molar-refractivity contribution in [2.75, 3.05) is 10.6 Å². The van der Waals surface area contributed by atoms with Crippen LogP contribution in [0.4, 0.5) is 33.9 Å². The van der Waals surface area contributed by atoms with Crippen molar-refractivity contribution >= 4 is 29.1 Å². The summed E-state index contributed by atoms with van der Waals surface area (Å²) >= 11 is 5.72. The Morgan fingerprint density at radius 1 is 1.03 bits per heavy atom. The highest BCUT2D eigenvalue weighted by Crippen LogP contribution is 2.29. The van der Waals surface area contributed by atoms with Gasteiger partial charge < -0.3 is 10.1 Å². The number of carbonyl (C=O) groups excluding carboxylic acids is 1. The number of benzene rings is 1. The number of rotatable bonds is 4. The maximum Gasteiger partial charge on any atom is 0.433 e. The van der Waals surface area contributed by atoms with Crippen LogP contribution >= 0.6 is 11.6 Å². The van der Waals surface area contributed by atoms with Crippen LogP contribution in [0.5, 0.6) is 11.5 Å². The summed E-state index contributed by atoms with van der Waals surface area (Å²) in [5.41, 5.74) is -1.18. The number of amides is 2. The quantitative estimate of drug-likeness (QED) is 0.445. The molecule has 29 heavy (non-hydrogen) atoms. The Hall–Kier alpha value is -3.47. The summed E-state index contributed by atoms with van der Waals surface area (Å²) in [5.74, 6) is -1.05. The van der Waals surface area contributed by atoms with Gasteiger partial charge in [0.05, 0.1) is 0 Å². The molecule has 150 valence electrons. The summed E-state index contributed by atoms with van der Waals surface area (Å²) in [7, 11) is 0. The van der Waals surface area contributed by atoms with Crippen LogP contribution in [0.2, 0.25) is 5.15 Å². The lowest BCUT2D eigenvalue weighted by atomic mass is 10.3. The second-order valence-corrected chi connectivity index (χ2v) is 5.81. The van der Waals surface area contributed by atoms with Gasteiger partial charge in [-0.2, -0.15) is 13.2 Å². The van der Waals surface area contributed by atoms with Gasteiger partial charge in [0.15, 0.2) is 11.6 Å². The molecule has 0 saturated heterocycles. The standard InChI is InChI=1S/C17H10ClF4N5O2/c18-14-6-10(3-4-23-14)29-12-2-1-9(5-11(12)19)26-16(28)27-15-7-13(17(20,21)22)24-8-25-15/h1-8H,(H2,24,25,26,27,28). The molecule has 7 nitrogen and oxygen atoms in total. The van der Waals surface area contributed by atoms with E-state index in [4.69, 9.17) is 16.3 Å². The van der Waals surface area contributed by atoms with Crippen LogP contribution in [0.1, 0.15) is 5.69 Å². The molecule has 0 aliphatic heterocycles. The molecular weight excluding hydrogens is 418 g/mol. The molecule has 3 aromatic rings. The van der Waals surface area contributed by atoms with E-state index in [1.807, 2.05) is 0 Å². The molecule has 2 aromatic heterocycles. The minimum atomic E-state index is -4.69. The van der Waals surface area contributed by atoms with Gasteiger partial charge in [-0.1, -0.05) is 11.6 Å². The lowest BCUT2D eigenvalue weighted by Gasteiger charge is -2.11. The van der Waals surface area contributed by atoms with E-state index in [0.29, 0.717) is 12.4 Å². The molecular formula is C17H10ClF4N5O2. The first-order chi connectivity index (χ1) is 13.7. The molecule has 0 aliphatic carbocycles. The third-order valence-corrected chi connectivity index (χ3v) is 3.52. The first-order valence-electron chi connectivity index (χ1n) is 7.77. The Bertz CT molecular complexity index is 1050. The highest BCUT2D eigenvalue weighted by atomic mass is 35.5. The van der Waals surface area contributed by atoms with E-state index in [-0.39, 0.29) is 28.2 Å². The zero-order valence-electron chi connectivity index (χ0n) is 14.2. The van der Waals surface area contributed by atoms with Crippen LogP contribution in [0.15, 0.2) is 48.9 Å². The number of urea groups is 1. The number of carbonyl (C=O) groups is 1. The summed E-state index contributed by atoms with van der Waals surface area (Å²) < 4.78 is 57.4. The van der Waals surface area contributed by atoms with Gasteiger partial charge in [0.2, 0.25) is 0 Å². The van der Waals surface area contributed by atoms with Crippen LogP contribution in [0.3, 0.4) is 0 Å². The van der Waals surface area contributed by atoms with Crippen molar-refractivity contribution in [2.24, 2.45) is 0 Å². The Morgan fingerprint density at radius 3 is 2.52 bits per heavy atom. The van der Waals surface area contributed by atoms with E-state index >= 15 is 0 Å². The van der Waals surface area contributed by atoms with Crippen molar-refractivity contribution in [1.82, 2.24) is 15.0 Å². The normalized spacial score (nSPS) is 11.1. The number of pyridine rings is 1. The van der Waals surface area contributed by atoms with Crippen molar-refractivity contribution < 1.29 is 27.1 Å². The van der Waals surface area contributed by atoms with E-state index < -0.39 is 23.7 Å². The molecule has 0 unspecified atom stereocenters. The monoisotopic (exact) mass is 427 g/mol. The number of anilines is 2. The molecule has 0 fully saturated rings. The first kappa shape index (κ1) is 20.3. The fourth-order valence-corrected chi connectivity index (χ4v) is 2.26. The van der Waals surface area contributed by atoms with Crippen molar-refractivity contribution in [1.29, 1.82) is 0 Å². The Labute approximate surface area is 165 Å². The molecule has 0 spiro atoms. The summed E-state index contributed by atoms with van der Waals surface area (Å²) in [6.07, 6.45) is -2.64. The molecule has 2 heterocycles. The topological polar surface area (TPSA) is 89.0 Å². The minimum Gasteiger partial charge on any atom is -0.454 e. The summed E-state index contributed by atoms with van der Waals surface area (Å²) in [5, 5.41) is 4.54. The largest absolute Gasteiger partial charge is 0.454 e. The maximum atomic E-state index is 14.2. The van der Waals surface area contributed by atoms with Crippen molar-refractivity contribution in [3.8, 4) is 11.5 Å². The molecule has 0 saturated carbocycles. The molecule has 2 amide bonds. The van der Waals surface area contributed by atoms with Crippen LogP contribution in [0.25, 0.3) is 0 Å². The van der Waals surface area contributed by atoms with E-state index in [1.165, 1.54) is 30.5 Å². The number of ether oxygens (including phenoxy) is 1. The third kappa shape index (κ3) is 5.51. The van der Waals surface area contributed by atoms with Crippen LogP contribution < -0.4 is 15.4 Å². The average Bonchev–Trinajstić information content (AvgIpc) is 2.63. The third-order valence-electron chi connectivity index (χ3n) is 3.31. The zero-order valence-corrected chi connectivity index (χ0v) is 14.9. The zero-order chi connectivity index (χ0) is 21.0. The van der Waals surface area contributed by atoms with Gasteiger partial charge in [-0.15, -0.1) is 0 Å². The smallest absolute Gasteiger partial charge is 0.433 e. The number of aromatic nitrogens is 3. The van der Waals surface area contributed by atoms with Crippen molar-refractivity contribution in [3.63, 3.8) is 0 Å². The highest BCUT2D eigenvalue weighted by Gasteiger charge is 2.32. The summed E-state index contributed by atoms with van der Waals surface area (Å²) in [6.45, 7) is 0. The SMILES string of the molecule is O=C(Nc1ccc(Oc2ccnc(Cl)c2)c(F)c1)Nc1cc(C(F)(F)F)ncn1. The van der Waals surface area contributed by atoms with Gasteiger partial charge in [-0.3, -0.25) is 5.32 Å². The van der Waals surface area contributed by atoms with E-state index in [1.54, 1.807) is 0 Å². The summed E-state index contributed by atoms with van der Waals surface area (Å²) in [6, 6.07) is 6.06. The number of alkyl halides is 3. The molecule has 12 heteroatoms. The first-order valence-corrected chi connectivity index (χ1v) is 8.15. The highest BCUT2D eigenvalue weighted by molar-refractivity contribution is 6.29. The predicted molar refractivity (Wildman–Crippen MR) is 95.4 cm³/mol. The lowest BCUT2D eigenvalue weighted by Crippen LogP contribution is -2.21. The number of hydrogen-bond donors (Lipinski definition) is 2. The van der Waals surface area contributed by atoms with Gasteiger partial charge in [-0.05, 0) is 18.2 Å². The second kappa shape index (κ2) is 8.27. The molecule has 1 aromatic carbocycles. The maximum absolute atomic E-state index is 14.2. The molecule has 0 radical (unpaired) electrons.